The third-order valence-electron chi connectivity index (χ3n) is 5.21. The lowest BCUT2D eigenvalue weighted by Crippen LogP contribution is -1.99. The maximum absolute atomic E-state index is 10.8. The molecule has 0 radical (unpaired) electrons. The molecule has 0 aromatic rings. The predicted molar refractivity (Wildman–Crippen MR) is 131 cm³/mol. The van der Waals surface area contributed by atoms with E-state index in [0.717, 1.165) is 26.4 Å². The van der Waals surface area contributed by atoms with Gasteiger partial charge in [-0.3, -0.25) is 9.59 Å². The van der Waals surface area contributed by atoms with Crippen molar-refractivity contribution in [2.75, 3.05) is 14.2 Å². The molecule has 0 saturated carbocycles. The molecule has 0 aliphatic carbocycles. The molecule has 0 fully saturated rings. The summed E-state index contributed by atoms with van der Waals surface area (Å²) >= 11 is 0. The molecule has 0 unspecified atom stereocenters. The van der Waals surface area contributed by atoms with E-state index < -0.39 is 5.97 Å². The van der Waals surface area contributed by atoms with Gasteiger partial charge in [0.15, 0.2) is 0 Å². The second kappa shape index (κ2) is 33.5. The number of rotatable bonds is 20. The Morgan fingerprint density at radius 1 is 0.548 bits per heavy atom. The smallest absolute Gasteiger partial charge is 0.305 e. The van der Waals surface area contributed by atoms with Crippen molar-refractivity contribution >= 4 is 11.9 Å². The number of esters is 1. The number of hydrogen-bond acceptors (Lipinski definition) is 4. The van der Waals surface area contributed by atoms with Gasteiger partial charge in [0.2, 0.25) is 0 Å². The van der Waals surface area contributed by atoms with Gasteiger partial charge in [0.05, 0.1) is 7.11 Å². The molecule has 0 amide bonds. The molecule has 0 aromatic heterocycles. The fourth-order valence-corrected chi connectivity index (χ4v) is 3.27. The van der Waals surface area contributed by atoms with E-state index in [4.69, 9.17) is 10.2 Å². The predicted octanol–water partition coefficient (Wildman–Crippen LogP) is 7.68. The lowest BCUT2D eigenvalue weighted by molar-refractivity contribution is -0.141. The van der Waals surface area contributed by atoms with Gasteiger partial charge in [-0.2, -0.15) is 0 Å². The van der Waals surface area contributed by atoms with Crippen LogP contribution in [0.1, 0.15) is 142 Å². The van der Waals surface area contributed by atoms with Crippen molar-refractivity contribution in [3.05, 3.63) is 0 Å². The minimum atomic E-state index is -0.659. The molecule has 0 atom stereocenters. The fraction of sp³-hybridized carbons (Fsp3) is 0.923. The number of carbonyl (C=O) groups excluding carboxylic acids is 1. The van der Waals surface area contributed by atoms with E-state index in [9.17, 15) is 9.59 Å². The number of unbranched alkanes of at least 4 members (excludes halogenated alkanes) is 16. The van der Waals surface area contributed by atoms with Crippen molar-refractivity contribution in [2.24, 2.45) is 0 Å². The van der Waals surface area contributed by atoms with Crippen LogP contribution in [0.2, 0.25) is 0 Å². The Morgan fingerprint density at radius 2 is 0.839 bits per heavy atom. The van der Waals surface area contributed by atoms with Crippen LogP contribution >= 0.6 is 0 Å². The van der Waals surface area contributed by atoms with Crippen molar-refractivity contribution in [1.82, 2.24) is 0 Å². The lowest BCUT2D eigenvalue weighted by atomic mass is 10.1. The summed E-state index contributed by atoms with van der Waals surface area (Å²) in [6.07, 6.45) is 23.6. The summed E-state index contributed by atoms with van der Waals surface area (Å²) in [4.78, 5) is 21.0. The SMILES string of the molecule is CCCCCCCCCCCC(=O)O.CCCCCCCCCCCC(=O)OC.CO. The van der Waals surface area contributed by atoms with Crippen LogP contribution in [0.4, 0.5) is 0 Å². The van der Waals surface area contributed by atoms with Gasteiger partial charge in [0.25, 0.3) is 0 Å². The molecule has 0 bridgehead atoms. The number of carbonyl (C=O) groups is 2. The molecule has 0 heterocycles. The Balaban J connectivity index is -0.000000469. The summed E-state index contributed by atoms with van der Waals surface area (Å²) in [5.74, 6) is -0.731. The Kier molecular flexibility index (Phi) is 37.3. The number of carboxylic acid groups (broad SMARTS) is 1. The molecular formula is C26H54O5. The van der Waals surface area contributed by atoms with E-state index in [1.165, 1.54) is 103 Å². The van der Waals surface area contributed by atoms with Crippen molar-refractivity contribution in [3.8, 4) is 0 Å². The van der Waals surface area contributed by atoms with Crippen LogP contribution in [-0.4, -0.2) is 36.4 Å². The molecular weight excluding hydrogens is 392 g/mol. The lowest BCUT2D eigenvalue weighted by Gasteiger charge is -2.01. The van der Waals surface area contributed by atoms with Crippen LogP contribution in [-0.2, 0) is 14.3 Å². The van der Waals surface area contributed by atoms with Crippen molar-refractivity contribution in [3.63, 3.8) is 0 Å². The molecule has 31 heavy (non-hydrogen) atoms. The zero-order valence-corrected chi connectivity index (χ0v) is 21.3. The normalized spacial score (nSPS) is 9.84. The van der Waals surface area contributed by atoms with Crippen molar-refractivity contribution in [1.29, 1.82) is 0 Å². The highest BCUT2D eigenvalue weighted by Gasteiger charge is 1.99. The quantitative estimate of drug-likeness (QED) is 0.148. The molecule has 0 rings (SSSR count). The first kappa shape index (κ1) is 34.5. The molecule has 5 heteroatoms. The average molecular weight is 447 g/mol. The van der Waals surface area contributed by atoms with Crippen LogP contribution in [0.25, 0.3) is 0 Å². The molecule has 0 spiro atoms. The maximum Gasteiger partial charge on any atom is 0.305 e. The highest BCUT2D eigenvalue weighted by molar-refractivity contribution is 5.69. The molecule has 0 saturated heterocycles. The van der Waals surface area contributed by atoms with E-state index in [-0.39, 0.29) is 5.97 Å². The fourth-order valence-electron chi connectivity index (χ4n) is 3.27. The zero-order chi connectivity index (χ0) is 24.0. The molecule has 2 N–H and O–H groups in total. The van der Waals surface area contributed by atoms with Gasteiger partial charge in [0, 0.05) is 20.0 Å². The van der Waals surface area contributed by atoms with Gasteiger partial charge in [-0.05, 0) is 12.8 Å². The van der Waals surface area contributed by atoms with Gasteiger partial charge >= 0.3 is 11.9 Å². The molecule has 0 aromatic carbocycles. The van der Waals surface area contributed by atoms with Crippen LogP contribution in [0.3, 0.4) is 0 Å². The Morgan fingerprint density at radius 3 is 1.13 bits per heavy atom. The highest BCUT2D eigenvalue weighted by atomic mass is 16.5. The minimum absolute atomic E-state index is 0.0713. The van der Waals surface area contributed by atoms with E-state index in [1.54, 1.807) is 0 Å². The molecule has 188 valence electrons. The number of aliphatic hydroxyl groups is 1. The Hall–Kier alpha value is -1.10. The number of ether oxygens (including phenoxy) is 1. The summed E-state index contributed by atoms with van der Waals surface area (Å²) in [5.41, 5.74) is 0. The van der Waals surface area contributed by atoms with Gasteiger partial charge in [-0.25, -0.2) is 0 Å². The van der Waals surface area contributed by atoms with E-state index in [0.29, 0.717) is 12.8 Å². The summed E-state index contributed by atoms with van der Waals surface area (Å²) < 4.78 is 4.58. The Labute approximate surface area is 193 Å². The largest absolute Gasteiger partial charge is 0.481 e. The highest BCUT2D eigenvalue weighted by Crippen LogP contribution is 2.11. The van der Waals surface area contributed by atoms with Crippen LogP contribution in [0, 0.1) is 0 Å². The summed E-state index contributed by atoms with van der Waals surface area (Å²) in [6.45, 7) is 4.47. The molecule has 0 aliphatic heterocycles. The second-order valence-corrected chi connectivity index (χ2v) is 8.13. The monoisotopic (exact) mass is 446 g/mol. The number of aliphatic carboxylic acids is 1. The number of carboxylic acids is 1. The number of hydrogen-bond donors (Lipinski definition) is 2. The van der Waals surface area contributed by atoms with Crippen molar-refractivity contribution in [2.45, 2.75) is 142 Å². The Bertz CT molecular complexity index is 345. The van der Waals surface area contributed by atoms with Gasteiger partial charge in [0.1, 0.15) is 0 Å². The summed E-state index contributed by atoms with van der Waals surface area (Å²) in [7, 11) is 2.45. The first-order valence-corrected chi connectivity index (χ1v) is 12.8. The summed E-state index contributed by atoms with van der Waals surface area (Å²) in [6, 6.07) is 0. The maximum atomic E-state index is 10.8. The topological polar surface area (TPSA) is 83.8 Å². The average Bonchev–Trinajstić information content (AvgIpc) is 2.78. The van der Waals surface area contributed by atoms with Gasteiger partial charge in [-0.1, -0.05) is 117 Å². The van der Waals surface area contributed by atoms with Crippen molar-refractivity contribution < 1.29 is 24.5 Å². The van der Waals surface area contributed by atoms with Gasteiger partial charge in [-0.15, -0.1) is 0 Å². The van der Waals surface area contributed by atoms with E-state index in [2.05, 4.69) is 18.6 Å². The van der Waals surface area contributed by atoms with E-state index >= 15 is 0 Å². The third-order valence-corrected chi connectivity index (χ3v) is 5.21. The second-order valence-electron chi connectivity index (χ2n) is 8.13. The van der Waals surface area contributed by atoms with Crippen LogP contribution in [0.5, 0.6) is 0 Å². The first-order valence-electron chi connectivity index (χ1n) is 12.8. The summed E-state index contributed by atoms with van der Waals surface area (Å²) in [5, 5.41) is 15.4. The first-order chi connectivity index (χ1) is 15.1. The molecule has 0 aliphatic rings. The number of aliphatic hydroxyl groups excluding tert-OH is 1. The number of methoxy groups -OCH3 is 1. The standard InChI is InChI=1S/C13H26O2.C12H24O2.CH4O/c1-3-4-5-6-7-8-9-10-11-12-13(14)15-2;1-2-3-4-5-6-7-8-9-10-11-12(13)14;1-2/h3-12H2,1-2H3;2-11H2,1H3,(H,13,14);2H,1H3. The van der Waals surface area contributed by atoms with Crippen LogP contribution in [0.15, 0.2) is 0 Å². The molecule has 5 nitrogen and oxygen atoms in total. The van der Waals surface area contributed by atoms with E-state index in [1.807, 2.05) is 0 Å². The third kappa shape index (κ3) is 39.9. The van der Waals surface area contributed by atoms with Gasteiger partial charge < -0.3 is 14.9 Å². The minimum Gasteiger partial charge on any atom is -0.481 e. The zero-order valence-electron chi connectivity index (χ0n) is 21.3. The van der Waals surface area contributed by atoms with Crippen LogP contribution < -0.4 is 0 Å².